The van der Waals surface area contributed by atoms with E-state index in [-0.39, 0.29) is 0 Å². The van der Waals surface area contributed by atoms with Crippen molar-refractivity contribution in [1.82, 2.24) is 15.1 Å². The number of nitrogens with one attached hydrogen (secondary N) is 1. The molecule has 1 rings (SSSR count). The highest BCUT2D eigenvalue weighted by atomic mass is 16.5. The van der Waals surface area contributed by atoms with Gasteiger partial charge < -0.3 is 19.9 Å². The zero-order valence-corrected chi connectivity index (χ0v) is 11.0. The lowest BCUT2D eigenvalue weighted by Gasteiger charge is -2.29. The molecule has 96 valence electrons. The van der Waals surface area contributed by atoms with Gasteiger partial charge in [0.15, 0.2) is 0 Å². The van der Waals surface area contributed by atoms with Crippen molar-refractivity contribution in [3.8, 4) is 0 Å². The summed E-state index contributed by atoms with van der Waals surface area (Å²) in [7, 11) is 2.18. The van der Waals surface area contributed by atoms with E-state index in [1.807, 2.05) is 0 Å². The van der Waals surface area contributed by atoms with E-state index >= 15 is 0 Å². The average Bonchev–Trinajstić information content (AvgIpc) is 2.31. The van der Waals surface area contributed by atoms with Gasteiger partial charge in [0.05, 0.1) is 12.7 Å². The minimum Gasteiger partial charge on any atom is -0.374 e. The molecule has 0 saturated carbocycles. The molecule has 0 aromatic heterocycles. The first kappa shape index (κ1) is 13.9. The summed E-state index contributed by atoms with van der Waals surface area (Å²) in [5, 5.41) is 3.37. The zero-order valence-electron chi connectivity index (χ0n) is 11.0. The number of rotatable bonds is 7. The largest absolute Gasteiger partial charge is 0.374 e. The normalized spacial score (nSPS) is 21.9. The molecular weight excluding hydrogens is 202 g/mol. The summed E-state index contributed by atoms with van der Waals surface area (Å²) in [5.74, 6) is 0. The molecule has 1 unspecified atom stereocenters. The van der Waals surface area contributed by atoms with Gasteiger partial charge in [0.1, 0.15) is 0 Å². The van der Waals surface area contributed by atoms with Gasteiger partial charge in [0.2, 0.25) is 0 Å². The molecule has 0 amide bonds. The molecule has 4 nitrogen and oxygen atoms in total. The molecule has 16 heavy (non-hydrogen) atoms. The molecule has 1 aliphatic rings. The van der Waals surface area contributed by atoms with E-state index in [2.05, 4.69) is 36.0 Å². The molecule has 1 N–H and O–H groups in total. The van der Waals surface area contributed by atoms with Gasteiger partial charge in [-0.05, 0) is 20.1 Å². The summed E-state index contributed by atoms with van der Waals surface area (Å²) in [4.78, 5) is 4.83. The van der Waals surface area contributed by atoms with Gasteiger partial charge >= 0.3 is 0 Å². The van der Waals surface area contributed by atoms with Crippen molar-refractivity contribution in [2.45, 2.75) is 20.0 Å². The van der Waals surface area contributed by atoms with Crippen LogP contribution in [0.25, 0.3) is 0 Å². The monoisotopic (exact) mass is 229 g/mol. The topological polar surface area (TPSA) is 27.7 Å². The van der Waals surface area contributed by atoms with Crippen LogP contribution in [-0.4, -0.2) is 75.4 Å². The minimum atomic E-state index is 0.371. The standard InChI is InChI=1S/C12H27N3O/c1-4-15(5-2)8-7-14(3)11-12-10-13-6-9-16-12/h12-13H,4-11H2,1-3H3. The van der Waals surface area contributed by atoms with E-state index in [4.69, 9.17) is 4.74 Å². The first-order valence-electron chi connectivity index (χ1n) is 6.49. The van der Waals surface area contributed by atoms with Crippen molar-refractivity contribution in [2.75, 3.05) is 59.5 Å². The van der Waals surface area contributed by atoms with Crippen molar-refractivity contribution in [3.05, 3.63) is 0 Å². The Kier molecular flexibility index (Phi) is 6.96. The summed E-state index contributed by atoms with van der Waals surface area (Å²) in [6.07, 6.45) is 0.371. The number of likely N-dealkylation sites (N-methyl/N-ethyl adjacent to an activating group) is 2. The highest BCUT2D eigenvalue weighted by Gasteiger charge is 2.15. The van der Waals surface area contributed by atoms with Gasteiger partial charge in [0, 0.05) is 32.7 Å². The molecule has 1 heterocycles. The fourth-order valence-electron chi connectivity index (χ4n) is 2.03. The van der Waals surface area contributed by atoms with Crippen molar-refractivity contribution < 1.29 is 4.74 Å². The van der Waals surface area contributed by atoms with Crippen LogP contribution in [0.15, 0.2) is 0 Å². The maximum absolute atomic E-state index is 5.69. The second-order valence-corrected chi connectivity index (χ2v) is 4.49. The number of hydrogen-bond donors (Lipinski definition) is 1. The van der Waals surface area contributed by atoms with E-state index in [9.17, 15) is 0 Å². The van der Waals surface area contributed by atoms with Crippen molar-refractivity contribution in [3.63, 3.8) is 0 Å². The Morgan fingerprint density at radius 3 is 2.56 bits per heavy atom. The number of morpholine rings is 1. The highest BCUT2D eigenvalue weighted by Crippen LogP contribution is 1.99. The fourth-order valence-corrected chi connectivity index (χ4v) is 2.03. The molecule has 1 atom stereocenters. The first-order valence-corrected chi connectivity index (χ1v) is 6.49. The summed E-state index contributed by atoms with van der Waals surface area (Å²) in [6.45, 7) is 12.9. The van der Waals surface area contributed by atoms with Crippen LogP contribution < -0.4 is 5.32 Å². The molecule has 0 spiro atoms. The number of nitrogens with zero attached hydrogens (tertiary/aromatic N) is 2. The molecule has 4 heteroatoms. The summed E-state index contributed by atoms with van der Waals surface area (Å²) < 4.78 is 5.69. The molecule has 0 aromatic rings. The molecular formula is C12H27N3O. The van der Waals surface area contributed by atoms with Gasteiger partial charge in [-0.15, -0.1) is 0 Å². The summed E-state index contributed by atoms with van der Waals surface area (Å²) >= 11 is 0. The average molecular weight is 229 g/mol. The fraction of sp³-hybridized carbons (Fsp3) is 1.00. The highest BCUT2D eigenvalue weighted by molar-refractivity contribution is 4.71. The lowest BCUT2D eigenvalue weighted by Crippen LogP contribution is -2.45. The molecule has 0 bridgehead atoms. The molecule has 1 aliphatic heterocycles. The van der Waals surface area contributed by atoms with Gasteiger partial charge in [-0.2, -0.15) is 0 Å². The third kappa shape index (κ3) is 5.25. The Morgan fingerprint density at radius 1 is 1.25 bits per heavy atom. The maximum atomic E-state index is 5.69. The third-order valence-electron chi connectivity index (χ3n) is 3.21. The Labute approximate surface area is 99.9 Å². The minimum absolute atomic E-state index is 0.371. The summed E-state index contributed by atoms with van der Waals surface area (Å²) in [6, 6.07) is 0. The molecule has 1 fully saturated rings. The first-order chi connectivity index (χ1) is 7.76. The van der Waals surface area contributed by atoms with Crippen LogP contribution in [0.3, 0.4) is 0 Å². The van der Waals surface area contributed by atoms with E-state index in [0.717, 1.165) is 52.4 Å². The van der Waals surface area contributed by atoms with Crippen molar-refractivity contribution in [2.24, 2.45) is 0 Å². The van der Waals surface area contributed by atoms with E-state index in [1.54, 1.807) is 0 Å². The SMILES string of the molecule is CCN(CC)CCN(C)CC1CNCCO1. The zero-order chi connectivity index (χ0) is 11.8. The molecule has 1 saturated heterocycles. The van der Waals surface area contributed by atoms with Gasteiger partial charge in [0.25, 0.3) is 0 Å². The van der Waals surface area contributed by atoms with Crippen molar-refractivity contribution >= 4 is 0 Å². The predicted molar refractivity (Wildman–Crippen MR) is 67.9 cm³/mol. The van der Waals surface area contributed by atoms with Crippen LogP contribution in [0.5, 0.6) is 0 Å². The van der Waals surface area contributed by atoms with Crippen LogP contribution in [0.1, 0.15) is 13.8 Å². The second kappa shape index (κ2) is 8.01. The van der Waals surface area contributed by atoms with E-state index < -0.39 is 0 Å². The summed E-state index contributed by atoms with van der Waals surface area (Å²) in [5.41, 5.74) is 0. The van der Waals surface area contributed by atoms with Crippen LogP contribution in [-0.2, 0) is 4.74 Å². The van der Waals surface area contributed by atoms with Crippen molar-refractivity contribution in [1.29, 1.82) is 0 Å². The van der Waals surface area contributed by atoms with Crippen LogP contribution in [0.4, 0.5) is 0 Å². The lowest BCUT2D eigenvalue weighted by atomic mass is 10.3. The quantitative estimate of drug-likeness (QED) is 0.677. The van der Waals surface area contributed by atoms with E-state index in [1.165, 1.54) is 0 Å². The number of hydrogen-bond acceptors (Lipinski definition) is 4. The molecule has 0 radical (unpaired) electrons. The smallest absolute Gasteiger partial charge is 0.0826 e. The van der Waals surface area contributed by atoms with Crippen LogP contribution in [0, 0.1) is 0 Å². The van der Waals surface area contributed by atoms with Crippen LogP contribution in [0.2, 0.25) is 0 Å². The third-order valence-corrected chi connectivity index (χ3v) is 3.21. The second-order valence-electron chi connectivity index (χ2n) is 4.49. The molecule has 0 aliphatic carbocycles. The Balaban J connectivity index is 2.11. The Hall–Kier alpha value is -0.160. The van der Waals surface area contributed by atoms with Crippen LogP contribution >= 0.6 is 0 Å². The Bertz CT molecular complexity index is 168. The number of ether oxygens (including phenoxy) is 1. The molecule has 0 aromatic carbocycles. The maximum Gasteiger partial charge on any atom is 0.0826 e. The Morgan fingerprint density at radius 2 is 2.00 bits per heavy atom. The van der Waals surface area contributed by atoms with Gasteiger partial charge in [-0.1, -0.05) is 13.8 Å². The van der Waals surface area contributed by atoms with Gasteiger partial charge in [-0.25, -0.2) is 0 Å². The van der Waals surface area contributed by atoms with E-state index in [0.29, 0.717) is 6.10 Å². The predicted octanol–water partition coefficient (Wildman–Crippen LogP) is 0.248. The van der Waals surface area contributed by atoms with Gasteiger partial charge in [-0.3, -0.25) is 0 Å². The lowest BCUT2D eigenvalue weighted by molar-refractivity contribution is 0.00896.